The molecule has 0 amide bonds. The molecular formula is C15H22BrClN2. The van der Waals surface area contributed by atoms with Gasteiger partial charge in [0.05, 0.1) is 5.69 Å². The van der Waals surface area contributed by atoms with E-state index in [1.165, 1.54) is 5.69 Å². The highest BCUT2D eigenvalue weighted by Crippen LogP contribution is 2.32. The first-order valence-corrected chi connectivity index (χ1v) is 7.98. The fourth-order valence-electron chi connectivity index (χ4n) is 2.45. The summed E-state index contributed by atoms with van der Waals surface area (Å²) in [6.07, 6.45) is 1.16. The average Bonchev–Trinajstić information content (AvgIpc) is 2.57. The Labute approximate surface area is 129 Å². The topological polar surface area (TPSA) is 15.3 Å². The monoisotopic (exact) mass is 344 g/mol. The molecule has 1 N–H and O–H groups in total. The van der Waals surface area contributed by atoms with Gasteiger partial charge in [-0.25, -0.2) is 0 Å². The van der Waals surface area contributed by atoms with Crippen molar-refractivity contribution in [1.29, 1.82) is 0 Å². The van der Waals surface area contributed by atoms with Gasteiger partial charge < -0.3 is 10.2 Å². The van der Waals surface area contributed by atoms with Crippen molar-refractivity contribution in [3.05, 3.63) is 27.7 Å². The third-order valence-corrected chi connectivity index (χ3v) is 4.60. The molecule has 2 rings (SSSR count). The summed E-state index contributed by atoms with van der Waals surface area (Å²) in [6.45, 7) is 10.0. The number of nitrogens with one attached hydrogen (secondary N) is 1. The summed E-state index contributed by atoms with van der Waals surface area (Å²) in [6, 6.07) is 6.49. The number of halogens is 2. The van der Waals surface area contributed by atoms with Crippen LogP contribution in [-0.4, -0.2) is 25.7 Å². The molecule has 1 aromatic rings. The first-order valence-electron chi connectivity index (χ1n) is 6.81. The van der Waals surface area contributed by atoms with Crippen molar-refractivity contribution in [3.63, 3.8) is 0 Å². The van der Waals surface area contributed by atoms with Crippen molar-refractivity contribution in [2.45, 2.75) is 33.2 Å². The zero-order chi connectivity index (χ0) is 14.0. The Balaban J connectivity index is 2.25. The molecule has 19 heavy (non-hydrogen) atoms. The van der Waals surface area contributed by atoms with Gasteiger partial charge in [-0.3, -0.25) is 0 Å². The highest BCUT2D eigenvalue weighted by Gasteiger charge is 2.28. The molecule has 1 saturated heterocycles. The molecule has 0 bridgehead atoms. The van der Waals surface area contributed by atoms with Crippen LogP contribution in [0.1, 0.15) is 27.2 Å². The summed E-state index contributed by atoms with van der Waals surface area (Å²) in [5, 5.41) is 4.46. The summed E-state index contributed by atoms with van der Waals surface area (Å²) in [5.41, 5.74) is 1.46. The number of nitrogens with zero attached hydrogens (tertiary/aromatic N) is 1. The molecule has 2 nitrogen and oxygen atoms in total. The zero-order valence-electron chi connectivity index (χ0n) is 11.8. The Kier molecular flexibility index (Phi) is 4.80. The molecule has 0 aliphatic carbocycles. The third-order valence-electron chi connectivity index (χ3n) is 3.69. The van der Waals surface area contributed by atoms with Crippen LogP contribution in [0.3, 0.4) is 0 Å². The van der Waals surface area contributed by atoms with Gasteiger partial charge in [-0.2, -0.15) is 0 Å². The molecule has 1 unspecified atom stereocenters. The quantitative estimate of drug-likeness (QED) is 0.815. The van der Waals surface area contributed by atoms with Crippen molar-refractivity contribution < 1.29 is 0 Å². The SMILES string of the molecule is CC(C)(C)C1CN(c2cc(Cl)ccc2Br)CCCN1. The number of benzene rings is 1. The van der Waals surface area contributed by atoms with Gasteiger partial charge in [-0.15, -0.1) is 0 Å². The van der Waals surface area contributed by atoms with E-state index in [0.717, 1.165) is 35.6 Å². The predicted molar refractivity (Wildman–Crippen MR) is 87.2 cm³/mol. The maximum Gasteiger partial charge on any atom is 0.0526 e. The van der Waals surface area contributed by atoms with E-state index in [1.54, 1.807) is 0 Å². The van der Waals surface area contributed by atoms with Gasteiger partial charge in [0.2, 0.25) is 0 Å². The zero-order valence-corrected chi connectivity index (χ0v) is 14.2. The second-order valence-corrected chi connectivity index (χ2v) is 7.56. The largest absolute Gasteiger partial charge is 0.369 e. The molecule has 1 atom stereocenters. The van der Waals surface area contributed by atoms with E-state index in [4.69, 9.17) is 11.6 Å². The van der Waals surface area contributed by atoms with Gasteiger partial charge in [-0.1, -0.05) is 32.4 Å². The van der Waals surface area contributed by atoms with Crippen LogP contribution in [0.4, 0.5) is 5.69 Å². The summed E-state index contributed by atoms with van der Waals surface area (Å²) in [5.74, 6) is 0. The average molecular weight is 346 g/mol. The van der Waals surface area contributed by atoms with Gasteiger partial charge in [0, 0.05) is 28.6 Å². The van der Waals surface area contributed by atoms with Gasteiger partial charge >= 0.3 is 0 Å². The fourth-order valence-corrected chi connectivity index (χ4v) is 3.11. The Morgan fingerprint density at radius 3 is 2.79 bits per heavy atom. The summed E-state index contributed by atoms with van der Waals surface area (Å²) >= 11 is 9.78. The highest BCUT2D eigenvalue weighted by atomic mass is 79.9. The van der Waals surface area contributed by atoms with Crippen molar-refractivity contribution >= 4 is 33.2 Å². The molecule has 0 radical (unpaired) electrons. The molecule has 1 aromatic carbocycles. The molecule has 106 valence electrons. The molecule has 4 heteroatoms. The van der Waals surface area contributed by atoms with Crippen LogP contribution in [-0.2, 0) is 0 Å². The van der Waals surface area contributed by atoms with Crippen molar-refractivity contribution in [2.24, 2.45) is 5.41 Å². The smallest absolute Gasteiger partial charge is 0.0526 e. The van der Waals surface area contributed by atoms with Crippen LogP contribution in [0.25, 0.3) is 0 Å². The van der Waals surface area contributed by atoms with Crippen LogP contribution in [0.15, 0.2) is 22.7 Å². The highest BCUT2D eigenvalue weighted by molar-refractivity contribution is 9.10. The molecular weight excluding hydrogens is 324 g/mol. The lowest BCUT2D eigenvalue weighted by atomic mass is 9.86. The van der Waals surface area contributed by atoms with Gasteiger partial charge in [0.25, 0.3) is 0 Å². The molecule has 0 aromatic heterocycles. The predicted octanol–water partition coefficient (Wildman–Crippen LogP) is 4.32. The lowest BCUT2D eigenvalue weighted by Crippen LogP contribution is -2.46. The van der Waals surface area contributed by atoms with Crippen LogP contribution >= 0.6 is 27.5 Å². The number of rotatable bonds is 1. The van der Waals surface area contributed by atoms with Crippen LogP contribution < -0.4 is 10.2 Å². The van der Waals surface area contributed by atoms with Crippen LogP contribution in [0.2, 0.25) is 5.02 Å². The van der Waals surface area contributed by atoms with Crippen molar-refractivity contribution in [3.8, 4) is 0 Å². The van der Waals surface area contributed by atoms with Gasteiger partial charge in [0.15, 0.2) is 0 Å². The fraction of sp³-hybridized carbons (Fsp3) is 0.600. The lowest BCUT2D eigenvalue weighted by Gasteiger charge is -2.35. The maximum atomic E-state index is 6.14. The molecule has 1 heterocycles. The minimum atomic E-state index is 0.258. The maximum absolute atomic E-state index is 6.14. The third kappa shape index (κ3) is 3.87. The Bertz CT molecular complexity index is 442. The lowest BCUT2D eigenvalue weighted by molar-refractivity contribution is 0.280. The number of hydrogen-bond donors (Lipinski definition) is 1. The van der Waals surface area contributed by atoms with E-state index < -0.39 is 0 Å². The van der Waals surface area contributed by atoms with Crippen molar-refractivity contribution in [2.75, 3.05) is 24.5 Å². The molecule has 0 saturated carbocycles. The number of hydrogen-bond acceptors (Lipinski definition) is 2. The summed E-state index contributed by atoms with van der Waals surface area (Å²) in [4.78, 5) is 2.44. The standard InChI is InChI=1S/C15H22BrClN2/c1-15(2,3)14-10-19(8-4-7-18-14)13-9-11(17)5-6-12(13)16/h5-6,9,14,18H,4,7-8,10H2,1-3H3. The summed E-state index contributed by atoms with van der Waals surface area (Å²) < 4.78 is 1.12. The first kappa shape index (κ1) is 15.1. The van der Waals surface area contributed by atoms with E-state index in [0.29, 0.717) is 6.04 Å². The first-order chi connectivity index (χ1) is 8.88. The Hall–Kier alpha value is -0.250. The van der Waals surface area contributed by atoms with Gasteiger partial charge in [-0.05, 0) is 52.5 Å². The van der Waals surface area contributed by atoms with E-state index >= 15 is 0 Å². The van der Waals surface area contributed by atoms with E-state index in [-0.39, 0.29) is 5.41 Å². The molecule has 1 fully saturated rings. The van der Waals surface area contributed by atoms with Crippen molar-refractivity contribution in [1.82, 2.24) is 5.32 Å². The van der Waals surface area contributed by atoms with Crippen LogP contribution in [0, 0.1) is 5.41 Å². The van der Waals surface area contributed by atoms with E-state index in [2.05, 4.69) is 53.0 Å². The Morgan fingerprint density at radius 1 is 1.37 bits per heavy atom. The second-order valence-electron chi connectivity index (χ2n) is 6.27. The molecule has 1 aliphatic rings. The van der Waals surface area contributed by atoms with Gasteiger partial charge in [0.1, 0.15) is 0 Å². The minimum absolute atomic E-state index is 0.258. The van der Waals surface area contributed by atoms with Crippen LogP contribution in [0.5, 0.6) is 0 Å². The van der Waals surface area contributed by atoms with E-state index in [9.17, 15) is 0 Å². The normalized spacial score (nSPS) is 21.3. The molecule has 0 spiro atoms. The molecule has 1 aliphatic heterocycles. The number of anilines is 1. The Morgan fingerprint density at radius 2 is 2.11 bits per heavy atom. The second kappa shape index (κ2) is 6.02. The van der Waals surface area contributed by atoms with E-state index in [1.807, 2.05) is 12.1 Å². The summed E-state index contributed by atoms with van der Waals surface area (Å²) in [7, 11) is 0. The minimum Gasteiger partial charge on any atom is -0.369 e.